The van der Waals surface area contributed by atoms with Crippen molar-refractivity contribution in [2.24, 2.45) is 5.73 Å². The van der Waals surface area contributed by atoms with Crippen molar-refractivity contribution in [2.75, 3.05) is 10.5 Å². The first-order valence-corrected chi connectivity index (χ1v) is 7.46. The fourth-order valence-electron chi connectivity index (χ4n) is 1.54. The number of anilines is 1. The van der Waals surface area contributed by atoms with Gasteiger partial charge in [-0.2, -0.15) is 0 Å². The summed E-state index contributed by atoms with van der Waals surface area (Å²) in [6.45, 7) is 3.80. The minimum Gasteiger partial charge on any atom is -0.324 e. The predicted molar refractivity (Wildman–Crippen MR) is 71.4 cm³/mol. The molecule has 0 spiro atoms. The average Bonchev–Trinajstić information content (AvgIpc) is 2.26. The van der Waals surface area contributed by atoms with Crippen molar-refractivity contribution in [3.8, 4) is 0 Å². The van der Waals surface area contributed by atoms with Gasteiger partial charge in [0.2, 0.25) is 10.0 Å². The Morgan fingerprint density at radius 1 is 1.35 bits per heavy atom. The number of para-hydroxylation sites is 1. The number of hydrogen-bond acceptors (Lipinski definition) is 3. The summed E-state index contributed by atoms with van der Waals surface area (Å²) in [6.07, 6.45) is 1.52. The van der Waals surface area contributed by atoms with Gasteiger partial charge in [0.25, 0.3) is 0 Å². The van der Waals surface area contributed by atoms with E-state index in [2.05, 4.69) is 4.72 Å². The summed E-state index contributed by atoms with van der Waals surface area (Å²) in [5.74, 6) is 0.150. The van der Waals surface area contributed by atoms with Crippen LogP contribution < -0.4 is 10.5 Å². The summed E-state index contributed by atoms with van der Waals surface area (Å²) in [6, 6.07) is 7.02. The quantitative estimate of drug-likeness (QED) is 0.820. The smallest absolute Gasteiger partial charge is 0.232 e. The Bertz CT molecular complexity index is 455. The molecular weight excluding hydrogens is 236 g/mol. The largest absolute Gasteiger partial charge is 0.324 e. The molecule has 0 aliphatic carbocycles. The van der Waals surface area contributed by atoms with Crippen LogP contribution in [0.3, 0.4) is 0 Å². The van der Waals surface area contributed by atoms with Gasteiger partial charge in [-0.05, 0) is 25.0 Å². The molecule has 1 aromatic carbocycles. The normalized spacial score (nSPS) is 13.4. The molecule has 0 heterocycles. The molecule has 0 radical (unpaired) electrons. The van der Waals surface area contributed by atoms with Crippen LogP contribution >= 0.6 is 0 Å². The minimum atomic E-state index is -3.26. The molecular formula is C12H20N2O2S. The van der Waals surface area contributed by atoms with E-state index in [0.717, 1.165) is 12.0 Å². The maximum Gasteiger partial charge on any atom is 0.232 e. The zero-order valence-corrected chi connectivity index (χ0v) is 11.1. The van der Waals surface area contributed by atoms with Crippen LogP contribution in [-0.2, 0) is 10.0 Å². The summed E-state index contributed by atoms with van der Waals surface area (Å²) in [5.41, 5.74) is 7.19. The Labute approximate surface area is 103 Å². The van der Waals surface area contributed by atoms with Crippen molar-refractivity contribution in [1.82, 2.24) is 0 Å². The molecule has 0 amide bonds. The molecule has 1 aromatic rings. The molecule has 0 saturated carbocycles. The Balaban J connectivity index is 2.88. The van der Waals surface area contributed by atoms with Crippen molar-refractivity contribution in [3.63, 3.8) is 0 Å². The van der Waals surface area contributed by atoms with Crippen LogP contribution in [0.5, 0.6) is 0 Å². The number of nitrogens with two attached hydrogens (primary N) is 1. The van der Waals surface area contributed by atoms with Gasteiger partial charge in [0.15, 0.2) is 0 Å². The molecule has 1 unspecified atom stereocenters. The molecule has 5 heteroatoms. The lowest BCUT2D eigenvalue weighted by atomic mass is 10.1. The molecule has 0 aliphatic rings. The SMILES string of the molecule is CCCCS(=O)(=O)Nc1ccccc1C(C)N. The third-order valence-electron chi connectivity index (χ3n) is 2.48. The Morgan fingerprint density at radius 3 is 2.59 bits per heavy atom. The number of benzene rings is 1. The van der Waals surface area contributed by atoms with Crippen LogP contribution in [-0.4, -0.2) is 14.2 Å². The van der Waals surface area contributed by atoms with Gasteiger partial charge in [-0.25, -0.2) is 8.42 Å². The zero-order valence-electron chi connectivity index (χ0n) is 10.3. The van der Waals surface area contributed by atoms with Crippen LogP contribution in [0.25, 0.3) is 0 Å². The van der Waals surface area contributed by atoms with Gasteiger partial charge < -0.3 is 5.73 Å². The fraction of sp³-hybridized carbons (Fsp3) is 0.500. The lowest BCUT2D eigenvalue weighted by Gasteiger charge is -2.14. The van der Waals surface area contributed by atoms with E-state index < -0.39 is 10.0 Å². The van der Waals surface area contributed by atoms with Gasteiger partial charge >= 0.3 is 0 Å². The van der Waals surface area contributed by atoms with Gasteiger partial charge in [0.05, 0.1) is 11.4 Å². The maximum atomic E-state index is 11.8. The van der Waals surface area contributed by atoms with Gasteiger partial charge in [0.1, 0.15) is 0 Å². The van der Waals surface area contributed by atoms with Crippen molar-refractivity contribution in [1.29, 1.82) is 0 Å². The monoisotopic (exact) mass is 256 g/mol. The van der Waals surface area contributed by atoms with E-state index in [1.54, 1.807) is 12.1 Å². The molecule has 0 bridgehead atoms. The molecule has 0 saturated heterocycles. The number of unbranched alkanes of at least 4 members (excludes halogenated alkanes) is 1. The lowest BCUT2D eigenvalue weighted by molar-refractivity contribution is 0.597. The van der Waals surface area contributed by atoms with Crippen LogP contribution in [0.15, 0.2) is 24.3 Å². The highest BCUT2D eigenvalue weighted by molar-refractivity contribution is 7.92. The van der Waals surface area contributed by atoms with Gasteiger partial charge in [-0.1, -0.05) is 31.5 Å². The number of sulfonamides is 1. The van der Waals surface area contributed by atoms with Crippen LogP contribution in [0.2, 0.25) is 0 Å². The second kappa shape index (κ2) is 6.02. The van der Waals surface area contributed by atoms with Gasteiger partial charge in [-0.3, -0.25) is 4.72 Å². The van der Waals surface area contributed by atoms with Gasteiger partial charge in [-0.15, -0.1) is 0 Å². The van der Waals surface area contributed by atoms with E-state index in [4.69, 9.17) is 5.73 Å². The summed E-state index contributed by atoms with van der Waals surface area (Å²) in [5, 5.41) is 0. The number of hydrogen-bond donors (Lipinski definition) is 2. The second-order valence-corrected chi connectivity index (χ2v) is 5.99. The summed E-state index contributed by atoms with van der Waals surface area (Å²) < 4.78 is 26.2. The Morgan fingerprint density at radius 2 is 2.00 bits per heavy atom. The van der Waals surface area contributed by atoms with Crippen LogP contribution in [0.1, 0.15) is 38.3 Å². The summed E-state index contributed by atoms with van der Waals surface area (Å²) >= 11 is 0. The molecule has 1 atom stereocenters. The maximum absolute atomic E-state index is 11.8. The van der Waals surface area contributed by atoms with Crippen LogP contribution in [0, 0.1) is 0 Å². The average molecular weight is 256 g/mol. The second-order valence-electron chi connectivity index (χ2n) is 4.15. The first-order valence-electron chi connectivity index (χ1n) is 5.81. The summed E-state index contributed by atoms with van der Waals surface area (Å²) in [7, 11) is -3.26. The first-order chi connectivity index (χ1) is 7.96. The Hall–Kier alpha value is -1.07. The van der Waals surface area contributed by atoms with Crippen molar-refractivity contribution < 1.29 is 8.42 Å². The third kappa shape index (κ3) is 4.36. The highest BCUT2D eigenvalue weighted by Crippen LogP contribution is 2.21. The molecule has 1 rings (SSSR count). The van der Waals surface area contributed by atoms with E-state index in [1.807, 2.05) is 26.0 Å². The predicted octanol–water partition coefficient (Wildman–Crippen LogP) is 2.25. The standard InChI is InChI=1S/C12H20N2O2S/c1-3-4-9-17(15,16)14-12-8-6-5-7-11(12)10(2)13/h5-8,10,14H,3-4,9,13H2,1-2H3. The number of nitrogens with one attached hydrogen (secondary N) is 1. The molecule has 4 nitrogen and oxygen atoms in total. The molecule has 17 heavy (non-hydrogen) atoms. The summed E-state index contributed by atoms with van der Waals surface area (Å²) in [4.78, 5) is 0. The molecule has 0 aromatic heterocycles. The van der Waals surface area contributed by atoms with E-state index in [9.17, 15) is 8.42 Å². The highest BCUT2D eigenvalue weighted by atomic mass is 32.2. The van der Waals surface area contributed by atoms with Crippen LogP contribution in [0.4, 0.5) is 5.69 Å². The minimum absolute atomic E-state index is 0.150. The highest BCUT2D eigenvalue weighted by Gasteiger charge is 2.13. The van der Waals surface area contributed by atoms with E-state index in [1.165, 1.54) is 0 Å². The molecule has 96 valence electrons. The van der Waals surface area contributed by atoms with E-state index >= 15 is 0 Å². The molecule has 0 aliphatic heterocycles. The molecule has 3 N–H and O–H groups in total. The lowest BCUT2D eigenvalue weighted by Crippen LogP contribution is -2.19. The Kier molecular flexibility index (Phi) is 4.96. The zero-order chi connectivity index (χ0) is 12.9. The van der Waals surface area contributed by atoms with E-state index in [0.29, 0.717) is 12.1 Å². The van der Waals surface area contributed by atoms with Gasteiger partial charge in [0, 0.05) is 6.04 Å². The van der Waals surface area contributed by atoms with E-state index in [-0.39, 0.29) is 11.8 Å². The third-order valence-corrected chi connectivity index (χ3v) is 3.84. The fourth-order valence-corrected chi connectivity index (χ4v) is 2.83. The first kappa shape index (κ1) is 14.0. The number of rotatable bonds is 6. The van der Waals surface area contributed by atoms with Crippen molar-refractivity contribution in [3.05, 3.63) is 29.8 Å². The van der Waals surface area contributed by atoms with Crippen molar-refractivity contribution in [2.45, 2.75) is 32.7 Å². The van der Waals surface area contributed by atoms with Crippen molar-refractivity contribution >= 4 is 15.7 Å². The topological polar surface area (TPSA) is 72.2 Å². The molecule has 0 fully saturated rings.